The Morgan fingerprint density at radius 3 is 2.48 bits per heavy atom. The first-order chi connectivity index (χ1) is 11.2. The van der Waals surface area contributed by atoms with E-state index in [1.165, 1.54) is 19.3 Å². The van der Waals surface area contributed by atoms with Crippen LogP contribution in [0.5, 0.6) is 5.75 Å². The first-order valence-corrected chi connectivity index (χ1v) is 8.68. The van der Waals surface area contributed by atoms with Crippen molar-refractivity contribution in [1.29, 1.82) is 0 Å². The van der Waals surface area contributed by atoms with Crippen LogP contribution in [-0.4, -0.2) is 20.2 Å². The number of anilines is 3. The van der Waals surface area contributed by atoms with E-state index in [0.717, 1.165) is 40.8 Å². The highest BCUT2D eigenvalue weighted by Gasteiger charge is 2.16. The number of halogens is 1. The van der Waals surface area contributed by atoms with Gasteiger partial charge in [-0.2, -0.15) is 0 Å². The quantitative estimate of drug-likeness (QED) is 0.726. The van der Waals surface area contributed by atoms with Gasteiger partial charge in [0.1, 0.15) is 5.75 Å². The van der Waals surface area contributed by atoms with Crippen LogP contribution in [0.4, 0.5) is 17.1 Å². The first-order valence-electron chi connectivity index (χ1n) is 7.86. The van der Waals surface area contributed by atoms with Crippen LogP contribution in [0.1, 0.15) is 19.3 Å². The third-order valence-electron chi connectivity index (χ3n) is 4.12. The van der Waals surface area contributed by atoms with Gasteiger partial charge < -0.3 is 15.0 Å². The Hall–Kier alpha value is -1.52. The fourth-order valence-corrected chi connectivity index (χ4v) is 3.40. The topological polar surface area (TPSA) is 24.5 Å². The van der Waals surface area contributed by atoms with Crippen LogP contribution >= 0.6 is 24.2 Å². The molecular formula is C18H21ClN2OS. The lowest BCUT2D eigenvalue weighted by Gasteiger charge is -2.31. The standard InChI is InChI=1S/C18H21ClN2OS/c1-22-13-5-7-17(18(11-13)21-9-3-2-4-10-21)20-16-8-6-14(23)12-15(16)19/h5-8,11-12,20,23H,2-4,9-10H2,1H3. The van der Waals surface area contributed by atoms with Gasteiger partial charge in [-0.3, -0.25) is 0 Å². The summed E-state index contributed by atoms with van der Waals surface area (Å²) in [7, 11) is 1.70. The smallest absolute Gasteiger partial charge is 0.121 e. The maximum absolute atomic E-state index is 6.33. The van der Waals surface area contributed by atoms with E-state index in [-0.39, 0.29) is 0 Å². The van der Waals surface area contributed by atoms with E-state index >= 15 is 0 Å². The molecule has 1 saturated heterocycles. The number of rotatable bonds is 4. The highest BCUT2D eigenvalue weighted by molar-refractivity contribution is 7.80. The molecule has 5 heteroatoms. The summed E-state index contributed by atoms with van der Waals surface area (Å²) in [4.78, 5) is 3.27. The lowest BCUT2D eigenvalue weighted by molar-refractivity contribution is 0.414. The normalized spacial score (nSPS) is 14.7. The molecule has 0 aromatic heterocycles. The Bertz CT molecular complexity index is 687. The van der Waals surface area contributed by atoms with Crippen LogP contribution in [0.3, 0.4) is 0 Å². The van der Waals surface area contributed by atoms with Crippen molar-refractivity contribution in [3.63, 3.8) is 0 Å². The molecule has 0 bridgehead atoms. The molecule has 1 aliphatic rings. The zero-order valence-corrected chi connectivity index (χ0v) is 14.8. The molecule has 23 heavy (non-hydrogen) atoms. The zero-order valence-electron chi connectivity index (χ0n) is 13.2. The molecule has 0 saturated carbocycles. The van der Waals surface area contributed by atoms with Crippen LogP contribution in [0.25, 0.3) is 0 Å². The molecule has 1 heterocycles. The highest BCUT2D eigenvalue weighted by Crippen LogP contribution is 2.36. The van der Waals surface area contributed by atoms with E-state index in [1.54, 1.807) is 7.11 Å². The maximum atomic E-state index is 6.33. The fourth-order valence-electron chi connectivity index (χ4n) is 2.89. The molecule has 0 spiro atoms. The second kappa shape index (κ2) is 7.37. The molecule has 1 aliphatic heterocycles. The summed E-state index contributed by atoms with van der Waals surface area (Å²) in [5, 5.41) is 4.12. The third-order valence-corrected chi connectivity index (χ3v) is 4.71. The fraction of sp³-hybridized carbons (Fsp3) is 0.333. The lowest BCUT2D eigenvalue weighted by Crippen LogP contribution is -2.29. The third kappa shape index (κ3) is 3.88. The number of nitrogens with one attached hydrogen (secondary N) is 1. The minimum absolute atomic E-state index is 0.665. The molecular weight excluding hydrogens is 328 g/mol. The molecule has 2 aromatic carbocycles. The minimum Gasteiger partial charge on any atom is -0.497 e. The lowest BCUT2D eigenvalue weighted by atomic mass is 10.1. The number of benzene rings is 2. The van der Waals surface area contributed by atoms with Crippen molar-refractivity contribution in [2.45, 2.75) is 24.2 Å². The number of piperidine rings is 1. The van der Waals surface area contributed by atoms with Gasteiger partial charge in [0.25, 0.3) is 0 Å². The van der Waals surface area contributed by atoms with Gasteiger partial charge in [0, 0.05) is 24.1 Å². The highest BCUT2D eigenvalue weighted by atomic mass is 35.5. The Morgan fingerprint density at radius 2 is 1.78 bits per heavy atom. The molecule has 3 rings (SSSR count). The Kier molecular flexibility index (Phi) is 5.23. The van der Waals surface area contributed by atoms with Crippen molar-refractivity contribution in [2.75, 3.05) is 30.4 Å². The average Bonchev–Trinajstić information content (AvgIpc) is 2.58. The van der Waals surface area contributed by atoms with Gasteiger partial charge in [-0.25, -0.2) is 0 Å². The van der Waals surface area contributed by atoms with Gasteiger partial charge in [0.15, 0.2) is 0 Å². The summed E-state index contributed by atoms with van der Waals surface area (Å²) in [5.74, 6) is 0.868. The number of thiol groups is 1. The summed E-state index contributed by atoms with van der Waals surface area (Å²) < 4.78 is 5.40. The average molecular weight is 349 g/mol. The molecule has 1 N–H and O–H groups in total. The SMILES string of the molecule is COc1ccc(Nc2ccc(S)cc2Cl)c(N2CCCCC2)c1. The number of nitrogens with zero attached hydrogens (tertiary/aromatic N) is 1. The molecule has 122 valence electrons. The first kappa shape index (κ1) is 16.3. The molecule has 2 aromatic rings. The largest absolute Gasteiger partial charge is 0.497 e. The van der Waals surface area contributed by atoms with Crippen molar-refractivity contribution in [3.8, 4) is 5.75 Å². The van der Waals surface area contributed by atoms with Crippen molar-refractivity contribution in [2.24, 2.45) is 0 Å². The number of hydrogen-bond acceptors (Lipinski definition) is 4. The van der Waals surface area contributed by atoms with Crippen LogP contribution < -0.4 is 15.0 Å². The summed E-state index contributed by atoms with van der Waals surface area (Å²) in [6, 6.07) is 11.8. The van der Waals surface area contributed by atoms with E-state index in [0.29, 0.717) is 5.02 Å². The van der Waals surface area contributed by atoms with Crippen molar-refractivity contribution in [3.05, 3.63) is 41.4 Å². The predicted molar refractivity (Wildman–Crippen MR) is 101 cm³/mol. The second-order valence-corrected chi connectivity index (χ2v) is 6.64. The molecule has 0 unspecified atom stereocenters. The monoisotopic (exact) mass is 348 g/mol. The van der Waals surface area contributed by atoms with Gasteiger partial charge in [-0.05, 0) is 49.6 Å². The molecule has 0 aliphatic carbocycles. The molecule has 3 nitrogen and oxygen atoms in total. The number of ether oxygens (including phenoxy) is 1. The van der Waals surface area contributed by atoms with Gasteiger partial charge in [-0.1, -0.05) is 11.6 Å². The molecule has 0 amide bonds. The summed E-state index contributed by atoms with van der Waals surface area (Å²) >= 11 is 10.6. The van der Waals surface area contributed by atoms with Crippen molar-refractivity contribution >= 4 is 41.3 Å². The van der Waals surface area contributed by atoms with E-state index in [9.17, 15) is 0 Å². The van der Waals surface area contributed by atoms with E-state index in [4.69, 9.17) is 16.3 Å². The van der Waals surface area contributed by atoms with Crippen LogP contribution in [0.15, 0.2) is 41.3 Å². The van der Waals surface area contributed by atoms with E-state index in [1.807, 2.05) is 30.3 Å². The number of hydrogen-bond donors (Lipinski definition) is 2. The van der Waals surface area contributed by atoms with Crippen molar-refractivity contribution < 1.29 is 4.74 Å². The zero-order chi connectivity index (χ0) is 16.2. The Balaban J connectivity index is 1.93. The summed E-state index contributed by atoms with van der Waals surface area (Å²) in [6.07, 6.45) is 3.76. The molecule has 0 radical (unpaired) electrons. The summed E-state index contributed by atoms with van der Waals surface area (Å²) in [6.45, 7) is 2.15. The van der Waals surface area contributed by atoms with Crippen LogP contribution in [0.2, 0.25) is 5.02 Å². The molecule has 1 fully saturated rings. The maximum Gasteiger partial charge on any atom is 0.121 e. The Labute approximate surface area is 148 Å². The van der Waals surface area contributed by atoms with Gasteiger partial charge in [-0.15, -0.1) is 12.6 Å². The molecule has 0 atom stereocenters. The Morgan fingerprint density at radius 1 is 1.04 bits per heavy atom. The minimum atomic E-state index is 0.665. The summed E-state index contributed by atoms with van der Waals surface area (Å²) in [5.41, 5.74) is 3.09. The predicted octanol–water partition coefficient (Wildman–Crippen LogP) is 5.37. The van der Waals surface area contributed by atoms with Gasteiger partial charge >= 0.3 is 0 Å². The van der Waals surface area contributed by atoms with E-state index < -0.39 is 0 Å². The van der Waals surface area contributed by atoms with Gasteiger partial charge in [0.05, 0.1) is 29.2 Å². The van der Waals surface area contributed by atoms with Gasteiger partial charge in [0.2, 0.25) is 0 Å². The number of methoxy groups -OCH3 is 1. The second-order valence-electron chi connectivity index (χ2n) is 5.72. The van der Waals surface area contributed by atoms with E-state index in [2.05, 4.69) is 28.9 Å². The van der Waals surface area contributed by atoms with Crippen molar-refractivity contribution in [1.82, 2.24) is 0 Å². The van der Waals surface area contributed by atoms with Crippen LogP contribution in [0, 0.1) is 0 Å². The van der Waals surface area contributed by atoms with Crippen LogP contribution in [-0.2, 0) is 0 Å².